The maximum atomic E-state index is 5.77. The predicted molar refractivity (Wildman–Crippen MR) is 100 cm³/mol. The minimum Gasteiger partial charge on any atom is -0.377 e. The van der Waals surface area contributed by atoms with Crippen molar-refractivity contribution in [2.24, 2.45) is 5.73 Å². The van der Waals surface area contributed by atoms with Crippen molar-refractivity contribution in [3.05, 3.63) is 0 Å². The molecule has 2 fully saturated rings. The summed E-state index contributed by atoms with van der Waals surface area (Å²) >= 11 is 0. The molecule has 2 aliphatic heterocycles. The molecular weight excluding hydrogens is 280 g/mol. The van der Waals surface area contributed by atoms with Crippen molar-refractivity contribution in [1.82, 2.24) is 5.32 Å². The third kappa shape index (κ3) is 6.92. The standard InChI is InChI=1S/C11H22N2O3.6CH4/c1-7(12)6-14-4-5-15-10-8(2)16-11(10)9(3)13-11;;;;;;/h7-10,13H,4-6,12H2,1-3H3;6*1H4. The number of ether oxygens (including phenoxy) is 3. The van der Waals surface area contributed by atoms with E-state index in [0.29, 0.717) is 25.9 Å². The van der Waals surface area contributed by atoms with Crippen molar-refractivity contribution >= 4 is 0 Å². The molecular formula is C17H46N2O3. The van der Waals surface area contributed by atoms with Gasteiger partial charge in [0, 0.05) is 6.04 Å². The molecule has 5 nitrogen and oxygen atoms in total. The second-order valence-corrected chi connectivity index (χ2v) is 4.83. The van der Waals surface area contributed by atoms with E-state index in [1.54, 1.807) is 0 Å². The zero-order chi connectivity index (χ0) is 11.8. The Morgan fingerprint density at radius 2 is 1.59 bits per heavy atom. The van der Waals surface area contributed by atoms with Crippen molar-refractivity contribution in [1.29, 1.82) is 0 Å². The van der Waals surface area contributed by atoms with Crippen LogP contribution >= 0.6 is 0 Å². The molecule has 5 unspecified atom stereocenters. The van der Waals surface area contributed by atoms with Crippen molar-refractivity contribution in [3.63, 3.8) is 0 Å². The monoisotopic (exact) mass is 326 g/mol. The molecule has 22 heavy (non-hydrogen) atoms. The van der Waals surface area contributed by atoms with Crippen LogP contribution in [0, 0.1) is 0 Å². The molecule has 2 rings (SSSR count). The lowest BCUT2D eigenvalue weighted by Crippen LogP contribution is -2.59. The molecule has 0 bridgehead atoms. The van der Waals surface area contributed by atoms with E-state index in [2.05, 4.69) is 12.2 Å². The first-order valence-electron chi connectivity index (χ1n) is 5.96. The molecule has 5 heteroatoms. The molecule has 0 aromatic carbocycles. The van der Waals surface area contributed by atoms with Gasteiger partial charge in [-0.1, -0.05) is 44.6 Å². The van der Waals surface area contributed by atoms with E-state index in [4.69, 9.17) is 19.9 Å². The zero-order valence-electron chi connectivity index (χ0n) is 10.2. The van der Waals surface area contributed by atoms with Crippen LogP contribution in [-0.4, -0.2) is 49.8 Å². The normalized spacial score (nSPS) is 31.4. The van der Waals surface area contributed by atoms with Crippen LogP contribution < -0.4 is 11.1 Å². The molecule has 0 amide bonds. The van der Waals surface area contributed by atoms with Crippen molar-refractivity contribution < 1.29 is 14.2 Å². The third-order valence-electron chi connectivity index (χ3n) is 3.14. The fourth-order valence-corrected chi connectivity index (χ4v) is 2.24. The molecule has 0 aromatic rings. The Bertz CT molecular complexity index is 252. The lowest BCUT2D eigenvalue weighted by molar-refractivity contribution is -0.259. The molecule has 2 aliphatic rings. The quantitative estimate of drug-likeness (QED) is 0.575. The highest BCUT2D eigenvalue weighted by molar-refractivity contribution is 5.17. The highest BCUT2D eigenvalue weighted by atomic mass is 16.6. The van der Waals surface area contributed by atoms with E-state index in [9.17, 15) is 0 Å². The van der Waals surface area contributed by atoms with Crippen molar-refractivity contribution in [2.45, 2.75) is 95.3 Å². The third-order valence-corrected chi connectivity index (χ3v) is 3.14. The summed E-state index contributed by atoms with van der Waals surface area (Å²) in [6, 6.07) is 0.487. The second kappa shape index (κ2) is 13.3. The summed E-state index contributed by atoms with van der Waals surface area (Å²) in [7, 11) is 0. The molecule has 3 N–H and O–H groups in total. The van der Waals surface area contributed by atoms with E-state index in [-0.39, 0.29) is 68.5 Å². The van der Waals surface area contributed by atoms with Crippen LogP contribution in [0.2, 0.25) is 0 Å². The maximum absolute atomic E-state index is 5.77. The number of hydrogen-bond acceptors (Lipinski definition) is 5. The van der Waals surface area contributed by atoms with Crippen molar-refractivity contribution in [2.75, 3.05) is 19.8 Å². The fraction of sp³-hybridized carbons (Fsp3) is 1.00. The summed E-state index contributed by atoms with van der Waals surface area (Å²) in [5.41, 5.74) is 5.38. The average Bonchev–Trinajstić information content (AvgIpc) is 2.85. The summed E-state index contributed by atoms with van der Waals surface area (Å²) in [5, 5.41) is 3.28. The van der Waals surface area contributed by atoms with Gasteiger partial charge in [-0.05, 0) is 20.8 Å². The topological polar surface area (TPSA) is 75.7 Å². The molecule has 0 saturated carbocycles. The van der Waals surface area contributed by atoms with E-state index in [1.807, 2.05) is 13.8 Å². The van der Waals surface area contributed by atoms with Gasteiger partial charge in [-0.3, -0.25) is 5.32 Å². The number of nitrogens with one attached hydrogen (secondary N) is 1. The molecule has 142 valence electrons. The molecule has 0 aromatic heterocycles. The first kappa shape index (κ1) is 33.4. The second-order valence-electron chi connectivity index (χ2n) is 4.83. The molecule has 5 atom stereocenters. The SMILES string of the molecule is C.C.C.C.C.C.CC(N)COCCOC1C(C)OC12NC2C. The Hall–Kier alpha value is -0.200. The highest BCUT2D eigenvalue weighted by Crippen LogP contribution is 2.45. The number of nitrogens with two attached hydrogens (primary N) is 1. The summed E-state index contributed by atoms with van der Waals surface area (Å²) in [6.45, 7) is 7.84. The van der Waals surface area contributed by atoms with Gasteiger partial charge in [0.2, 0.25) is 0 Å². The van der Waals surface area contributed by atoms with Gasteiger partial charge in [-0.25, -0.2) is 0 Å². The molecule has 2 saturated heterocycles. The van der Waals surface area contributed by atoms with Gasteiger partial charge in [0.05, 0.1) is 32.0 Å². The van der Waals surface area contributed by atoms with E-state index in [1.165, 1.54) is 0 Å². The lowest BCUT2D eigenvalue weighted by Gasteiger charge is -2.42. The maximum Gasteiger partial charge on any atom is 0.164 e. The van der Waals surface area contributed by atoms with Crippen LogP contribution in [0.15, 0.2) is 0 Å². The van der Waals surface area contributed by atoms with Crippen LogP contribution in [0.3, 0.4) is 0 Å². The van der Waals surface area contributed by atoms with E-state index in [0.717, 1.165) is 0 Å². The number of rotatable bonds is 6. The van der Waals surface area contributed by atoms with Gasteiger partial charge in [0.15, 0.2) is 5.72 Å². The minimum absolute atomic E-state index is 0. The first-order valence-corrected chi connectivity index (χ1v) is 5.96. The van der Waals surface area contributed by atoms with Gasteiger partial charge in [0.1, 0.15) is 6.10 Å². The summed E-state index contributed by atoms with van der Waals surface area (Å²) in [4.78, 5) is 0. The van der Waals surface area contributed by atoms with Crippen molar-refractivity contribution in [3.8, 4) is 0 Å². The Morgan fingerprint density at radius 3 is 1.95 bits per heavy atom. The van der Waals surface area contributed by atoms with Gasteiger partial charge in [-0.2, -0.15) is 0 Å². The van der Waals surface area contributed by atoms with Gasteiger partial charge >= 0.3 is 0 Å². The Balaban J connectivity index is -0.000000161. The van der Waals surface area contributed by atoms with Gasteiger partial charge < -0.3 is 19.9 Å². The van der Waals surface area contributed by atoms with Gasteiger partial charge in [0.25, 0.3) is 0 Å². The lowest BCUT2D eigenvalue weighted by atomic mass is 9.99. The molecule has 0 aliphatic carbocycles. The van der Waals surface area contributed by atoms with Crippen LogP contribution in [0.1, 0.15) is 65.3 Å². The fourth-order valence-electron chi connectivity index (χ4n) is 2.24. The molecule has 0 radical (unpaired) electrons. The minimum atomic E-state index is -0.194. The summed E-state index contributed by atoms with van der Waals surface area (Å²) < 4.78 is 16.8. The zero-order valence-corrected chi connectivity index (χ0v) is 10.2. The summed E-state index contributed by atoms with van der Waals surface area (Å²) in [6.07, 6.45) is 0.326. The van der Waals surface area contributed by atoms with Crippen LogP contribution in [0.25, 0.3) is 0 Å². The smallest absolute Gasteiger partial charge is 0.164 e. The Labute approximate surface area is 141 Å². The largest absolute Gasteiger partial charge is 0.377 e. The van der Waals surface area contributed by atoms with E-state index >= 15 is 0 Å². The first-order chi connectivity index (χ1) is 7.56. The number of hydrogen-bond donors (Lipinski definition) is 2. The summed E-state index contributed by atoms with van der Waals surface area (Å²) in [5.74, 6) is 0. The van der Waals surface area contributed by atoms with Crippen LogP contribution in [-0.2, 0) is 14.2 Å². The highest BCUT2D eigenvalue weighted by Gasteiger charge is 2.68. The Morgan fingerprint density at radius 1 is 1.09 bits per heavy atom. The van der Waals surface area contributed by atoms with Gasteiger partial charge in [-0.15, -0.1) is 0 Å². The molecule has 1 spiro atoms. The Kier molecular flexibility index (Phi) is 20.1. The predicted octanol–water partition coefficient (Wildman–Crippen LogP) is 3.66. The van der Waals surface area contributed by atoms with E-state index < -0.39 is 0 Å². The average molecular weight is 327 g/mol. The van der Waals surface area contributed by atoms with Crippen LogP contribution in [0.5, 0.6) is 0 Å². The molecule has 2 heterocycles. The van der Waals surface area contributed by atoms with Crippen LogP contribution in [0.4, 0.5) is 0 Å².